The van der Waals surface area contributed by atoms with Gasteiger partial charge in [-0.05, 0) is 64.3 Å². The van der Waals surface area contributed by atoms with Gasteiger partial charge in [0, 0.05) is 56.1 Å². The van der Waals surface area contributed by atoms with Crippen LogP contribution in [0.15, 0.2) is 18.2 Å². The van der Waals surface area contributed by atoms with Crippen LogP contribution in [0.2, 0.25) is 0 Å². The number of nitrogens with zero attached hydrogens (tertiary/aromatic N) is 2. The molecule has 2 aliphatic heterocycles. The molecule has 1 aromatic rings. The highest BCUT2D eigenvalue weighted by atomic mass is 16.2. The Morgan fingerprint density at radius 3 is 2.58 bits per heavy atom. The van der Waals surface area contributed by atoms with Crippen molar-refractivity contribution in [3.63, 3.8) is 0 Å². The smallest absolute Gasteiger partial charge is 0.245 e. The molecule has 0 radical (unpaired) electrons. The van der Waals surface area contributed by atoms with Crippen LogP contribution in [0.25, 0.3) is 0 Å². The van der Waals surface area contributed by atoms with Crippen molar-refractivity contribution in [3.8, 4) is 0 Å². The standard InChI is InChI=1S/C21H34N4O/c1-5-24(6-2)21(26)20-14-16-13-18(7-8-19(16)23-20)22-17-9-11-25(12-10-17)15(3)4/h7-8,13,15,17,20,22-23H,5-6,9-12,14H2,1-4H3. The van der Waals surface area contributed by atoms with E-state index in [-0.39, 0.29) is 11.9 Å². The van der Waals surface area contributed by atoms with Crippen LogP contribution in [-0.4, -0.2) is 60.0 Å². The van der Waals surface area contributed by atoms with E-state index in [1.165, 1.54) is 37.2 Å². The Bertz CT molecular complexity index is 618. The lowest BCUT2D eigenvalue weighted by atomic mass is 10.0. The fourth-order valence-electron chi connectivity index (χ4n) is 4.15. The van der Waals surface area contributed by atoms with Gasteiger partial charge < -0.3 is 20.4 Å². The molecule has 2 N–H and O–H groups in total. The monoisotopic (exact) mass is 358 g/mol. The predicted molar refractivity (Wildman–Crippen MR) is 109 cm³/mol. The van der Waals surface area contributed by atoms with Crippen molar-refractivity contribution in [1.29, 1.82) is 0 Å². The maximum atomic E-state index is 12.6. The van der Waals surface area contributed by atoms with Crippen LogP contribution in [0.5, 0.6) is 0 Å². The largest absolute Gasteiger partial charge is 0.382 e. The molecule has 5 heteroatoms. The maximum absolute atomic E-state index is 12.6. The number of anilines is 2. The number of hydrogen-bond donors (Lipinski definition) is 2. The topological polar surface area (TPSA) is 47.6 Å². The fourth-order valence-corrected chi connectivity index (χ4v) is 4.15. The summed E-state index contributed by atoms with van der Waals surface area (Å²) in [6, 6.07) is 7.57. The number of hydrogen-bond acceptors (Lipinski definition) is 4. The van der Waals surface area contributed by atoms with E-state index in [1.54, 1.807) is 0 Å². The van der Waals surface area contributed by atoms with Crippen molar-refractivity contribution < 1.29 is 4.79 Å². The van der Waals surface area contributed by atoms with E-state index in [0.29, 0.717) is 12.1 Å². The van der Waals surface area contributed by atoms with E-state index in [1.807, 2.05) is 18.7 Å². The van der Waals surface area contributed by atoms with Gasteiger partial charge in [0.25, 0.3) is 0 Å². The Kier molecular flexibility index (Phi) is 6.07. The molecule has 0 spiro atoms. The number of carbonyl (C=O) groups is 1. The molecule has 0 saturated carbocycles. The van der Waals surface area contributed by atoms with Gasteiger partial charge in [-0.15, -0.1) is 0 Å². The van der Waals surface area contributed by atoms with Crippen LogP contribution in [0.1, 0.15) is 46.1 Å². The molecule has 0 aromatic heterocycles. The molecule has 144 valence electrons. The van der Waals surface area contributed by atoms with Crippen LogP contribution in [0, 0.1) is 0 Å². The summed E-state index contributed by atoms with van der Waals surface area (Å²) in [7, 11) is 0. The molecule has 0 aliphatic carbocycles. The average Bonchev–Trinajstić information content (AvgIpc) is 3.06. The first-order valence-corrected chi connectivity index (χ1v) is 10.2. The fraction of sp³-hybridized carbons (Fsp3) is 0.667. The molecule has 1 unspecified atom stereocenters. The lowest BCUT2D eigenvalue weighted by Gasteiger charge is -2.35. The molecule has 2 aliphatic rings. The van der Waals surface area contributed by atoms with Crippen LogP contribution < -0.4 is 10.6 Å². The molecular weight excluding hydrogens is 324 g/mol. The van der Waals surface area contributed by atoms with Crippen LogP contribution in [0.3, 0.4) is 0 Å². The van der Waals surface area contributed by atoms with Crippen molar-refractivity contribution in [3.05, 3.63) is 23.8 Å². The zero-order valence-corrected chi connectivity index (χ0v) is 16.7. The number of rotatable bonds is 6. The minimum atomic E-state index is -0.116. The summed E-state index contributed by atoms with van der Waals surface area (Å²) < 4.78 is 0. The second-order valence-electron chi connectivity index (χ2n) is 7.83. The number of benzene rings is 1. The molecule has 1 atom stereocenters. The first-order valence-electron chi connectivity index (χ1n) is 10.2. The van der Waals surface area contributed by atoms with Crippen LogP contribution in [-0.2, 0) is 11.2 Å². The zero-order valence-electron chi connectivity index (χ0n) is 16.7. The van der Waals surface area contributed by atoms with Gasteiger partial charge in [-0.3, -0.25) is 4.79 Å². The summed E-state index contributed by atoms with van der Waals surface area (Å²) in [5.41, 5.74) is 3.54. The second kappa shape index (κ2) is 8.30. The molecule has 1 amide bonds. The van der Waals surface area contributed by atoms with Crippen molar-refractivity contribution >= 4 is 17.3 Å². The Hall–Kier alpha value is -1.75. The third-order valence-corrected chi connectivity index (χ3v) is 5.86. The number of fused-ring (bicyclic) bond motifs is 1. The van der Waals surface area contributed by atoms with Gasteiger partial charge in [-0.1, -0.05) is 0 Å². The predicted octanol–water partition coefficient (Wildman–Crippen LogP) is 3.18. The van der Waals surface area contributed by atoms with E-state index in [4.69, 9.17) is 0 Å². The lowest BCUT2D eigenvalue weighted by molar-refractivity contribution is -0.131. The quantitative estimate of drug-likeness (QED) is 0.820. The zero-order chi connectivity index (χ0) is 18.7. The van der Waals surface area contributed by atoms with Gasteiger partial charge >= 0.3 is 0 Å². The summed E-state index contributed by atoms with van der Waals surface area (Å²) in [6.07, 6.45) is 3.17. The number of carbonyl (C=O) groups excluding carboxylic acids is 1. The molecule has 2 heterocycles. The minimum Gasteiger partial charge on any atom is -0.382 e. The number of piperidine rings is 1. The first-order chi connectivity index (χ1) is 12.5. The Morgan fingerprint density at radius 1 is 1.27 bits per heavy atom. The van der Waals surface area contributed by atoms with Gasteiger partial charge in [0.05, 0.1) is 0 Å². The molecular formula is C21H34N4O. The van der Waals surface area contributed by atoms with Gasteiger partial charge in [-0.2, -0.15) is 0 Å². The van der Waals surface area contributed by atoms with Crippen molar-refractivity contribution in [1.82, 2.24) is 9.80 Å². The molecule has 3 rings (SSSR count). The van der Waals surface area contributed by atoms with Gasteiger partial charge in [0.15, 0.2) is 0 Å². The van der Waals surface area contributed by atoms with E-state index in [9.17, 15) is 4.79 Å². The minimum absolute atomic E-state index is 0.116. The molecule has 1 saturated heterocycles. The summed E-state index contributed by atoms with van der Waals surface area (Å²) in [6.45, 7) is 12.5. The summed E-state index contributed by atoms with van der Waals surface area (Å²) >= 11 is 0. The van der Waals surface area contributed by atoms with Gasteiger partial charge in [0.1, 0.15) is 6.04 Å². The van der Waals surface area contributed by atoms with E-state index < -0.39 is 0 Å². The Labute approximate surface area is 158 Å². The summed E-state index contributed by atoms with van der Waals surface area (Å²) in [4.78, 5) is 17.1. The van der Waals surface area contributed by atoms with Crippen LogP contribution in [0.4, 0.5) is 11.4 Å². The molecule has 0 bridgehead atoms. The number of amides is 1. The Morgan fingerprint density at radius 2 is 1.96 bits per heavy atom. The van der Waals surface area contributed by atoms with Crippen molar-refractivity contribution in [2.45, 2.75) is 65.1 Å². The lowest BCUT2D eigenvalue weighted by Crippen LogP contribution is -2.42. The van der Waals surface area contributed by atoms with Crippen LogP contribution >= 0.6 is 0 Å². The van der Waals surface area contributed by atoms with E-state index in [0.717, 1.165) is 25.2 Å². The number of likely N-dealkylation sites (tertiary alicyclic amines) is 1. The molecule has 5 nitrogen and oxygen atoms in total. The second-order valence-corrected chi connectivity index (χ2v) is 7.83. The highest BCUT2D eigenvalue weighted by Gasteiger charge is 2.29. The maximum Gasteiger partial charge on any atom is 0.245 e. The SMILES string of the molecule is CCN(CC)C(=O)C1Cc2cc(NC3CCN(C(C)C)CC3)ccc2N1. The molecule has 1 fully saturated rings. The van der Waals surface area contributed by atoms with Crippen molar-refractivity contribution in [2.75, 3.05) is 36.8 Å². The summed E-state index contributed by atoms with van der Waals surface area (Å²) in [5.74, 6) is 0.210. The third kappa shape index (κ3) is 4.14. The number of likely N-dealkylation sites (N-methyl/N-ethyl adjacent to an activating group) is 1. The van der Waals surface area contributed by atoms with E-state index >= 15 is 0 Å². The van der Waals surface area contributed by atoms with E-state index in [2.05, 4.69) is 47.6 Å². The highest BCUT2D eigenvalue weighted by molar-refractivity contribution is 5.87. The van der Waals surface area contributed by atoms with Gasteiger partial charge in [0.2, 0.25) is 5.91 Å². The average molecular weight is 359 g/mol. The molecule has 26 heavy (non-hydrogen) atoms. The highest BCUT2D eigenvalue weighted by Crippen LogP contribution is 2.30. The first kappa shape index (κ1) is 19.0. The van der Waals surface area contributed by atoms with Crippen molar-refractivity contribution in [2.24, 2.45) is 0 Å². The molecule has 1 aromatic carbocycles. The third-order valence-electron chi connectivity index (χ3n) is 5.86. The number of nitrogens with one attached hydrogen (secondary N) is 2. The Balaban J connectivity index is 1.58. The summed E-state index contributed by atoms with van der Waals surface area (Å²) in [5, 5.41) is 7.12. The van der Waals surface area contributed by atoms with Gasteiger partial charge in [-0.25, -0.2) is 0 Å². The normalized spacial score (nSPS) is 20.7.